The second-order valence-electron chi connectivity index (χ2n) is 5.36. The molecule has 106 valence electrons. The Morgan fingerprint density at radius 1 is 1.40 bits per heavy atom. The van der Waals surface area contributed by atoms with Crippen molar-refractivity contribution in [3.8, 4) is 0 Å². The lowest BCUT2D eigenvalue weighted by atomic mass is 9.95. The number of hydrogen-bond acceptors (Lipinski definition) is 3. The van der Waals surface area contributed by atoms with Crippen LogP contribution in [0.2, 0.25) is 0 Å². The number of aromatic amines is 1. The molecule has 1 saturated heterocycles. The molecular formula is C14H19N5O. The summed E-state index contributed by atoms with van der Waals surface area (Å²) in [5.74, 6) is 1.46. The van der Waals surface area contributed by atoms with E-state index in [9.17, 15) is 4.79 Å². The highest BCUT2D eigenvalue weighted by atomic mass is 16.2. The van der Waals surface area contributed by atoms with E-state index in [0.29, 0.717) is 5.92 Å². The van der Waals surface area contributed by atoms with Gasteiger partial charge in [0.2, 0.25) is 0 Å². The van der Waals surface area contributed by atoms with Gasteiger partial charge in [0.25, 0.3) is 5.91 Å². The first-order chi connectivity index (χ1) is 9.66. The second-order valence-corrected chi connectivity index (χ2v) is 5.36. The highest BCUT2D eigenvalue weighted by Crippen LogP contribution is 2.26. The zero-order valence-electron chi connectivity index (χ0n) is 11.8. The van der Waals surface area contributed by atoms with E-state index in [1.807, 2.05) is 35.7 Å². The van der Waals surface area contributed by atoms with E-state index in [0.717, 1.165) is 43.0 Å². The van der Waals surface area contributed by atoms with E-state index in [-0.39, 0.29) is 5.91 Å². The zero-order valence-corrected chi connectivity index (χ0v) is 11.8. The van der Waals surface area contributed by atoms with Gasteiger partial charge in [-0.3, -0.25) is 9.89 Å². The molecule has 6 heteroatoms. The van der Waals surface area contributed by atoms with Crippen LogP contribution < -0.4 is 0 Å². The second kappa shape index (κ2) is 5.11. The number of amides is 1. The maximum atomic E-state index is 12.5. The van der Waals surface area contributed by atoms with Crippen molar-refractivity contribution in [3.63, 3.8) is 0 Å². The van der Waals surface area contributed by atoms with Crippen LogP contribution in [-0.2, 0) is 7.05 Å². The number of H-pyrrole nitrogens is 1. The summed E-state index contributed by atoms with van der Waals surface area (Å²) in [6, 6.07) is 1.90. The molecule has 0 radical (unpaired) electrons. The number of rotatable bonds is 2. The lowest BCUT2D eigenvalue weighted by Crippen LogP contribution is -2.38. The maximum absolute atomic E-state index is 12.5. The fourth-order valence-corrected chi connectivity index (χ4v) is 2.77. The number of carbonyl (C=O) groups is 1. The maximum Gasteiger partial charge on any atom is 0.255 e. The zero-order chi connectivity index (χ0) is 14.1. The number of aryl methyl sites for hydroxylation is 1. The van der Waals surface area contributed by atoms with Crippen LogP contribution in [0.1, 0.15) is 40.6 Å². The van der Waals surface area contributed by atoms with Gasteiger partial charge in [-0.1, -0.05) is 0 Å². The van der Waals surface area contributed by atoms with Crippen molar-refractivity contribution >= 4 is 5.91 Å². The van der Waals surface area contributed by atoms with Gasteiger partial charge in [0.15, 0.2) is 0 Å². The minimum absolute atomic E-state index is 0.138. The minimum Gasteiger partial charge on any atom is -0.354 e. The summed E-state index contributed by atoms with van der Waals surface area (Å²) in [6.45, 7) is 3.53. The molecule has 1 N–H and O–H groups in total. The van der Waals surface area contributed by atoms with Crippen molar-refractivity contribution in [2.75, 3.05) is 13.1 Å². The van der Waals surface area contributed by atoms with Gasteiger partial charge in [-0.05, 0) is 25.8 Å². The fourth-order valence-electron chi connectivity index (χ4n) is 2.77. The third kappa shape index (κ3) is 2.21. The summed E-state index contributed by atoms with van der Waals surface area (Å²) in [4.78, 5) is 18.7. The van der Waals surface area contributed by atoms with E-state index in [1.54, 1.807) is 6.33 Å². The van der Waals surface area contributed by atoms with Crippen LogP contribution in [0.4, 0.5) is 0 Å². The molecule has 0 saturated carbocycles. The van der Waals surface area contributed by atoms with Crippen LogP contribution >= 0.6 is 0 Å². The highest BCUT2D eigenvalue weighted by Gasteiger charge is 2.27. The van der Waals surface area contributed by atoms with Gasteiger partial charge in [0, 0.05) is 37.9 Å². The summed E-state index contributed by atoms with van der Waals surface area (Å²) in [7, 11) is 1.96. The molecule has 20 heavy (non-hydrogen) atoms. The Bertz CT molecular complexity index is 593. The molecule has 1 aliphatic rings. The van der Waals surface area contributed by atoms with Crippen molar-refractivity contribution in [2.45, 2.75) is 25.7 Å². The molecule has 0 aliphatic carbocycles. The molecule has 0 bridgehead atoms. The summed E-state index contributed by atoms with van der Waals surface area (Å²) < 4.78 is 1.98. The molecule has 0 spiro atoms. The predicted octanol–water partition coefficient (Wildman–Crippen LogP) is 1.47. The quantitative estimate of drug-likeness (QED) is 0.901. The predicted molar refractivity (Wildman–Crippen MR) is 74.4 cm³/mol. The van der Waals surface area contributed by atoms with Crippen LogP contribution in [-0.4, -0.2) is 43.6 Å². The Kier molecular flexibility index (Phi) is 3.30. The lowest BCUT2D eigenvalue weighted by Gasteiger charge is -2.31. The van der Waals surface area contributed by atoms with E-state index in [1.165, 1.54) is 0 Å². The topological polar surface area (TPSA) is 66.8 Å². The Balaban J connectivity index is 1.66. The van der Waals surface area contributed by atoms with Gasteiger partial charge in [0.05, 0.1) is 5.56 Å². The molecule has 0 atom stereocenters. The first kappa shape index (κ1) is 12.9. The Labute approximate surface area is 117 Å². The van der Waals surface area contributed by atoms with Gasteiger partial charge >= 0.3 is 0 Å². The largest absolute Gasteiger partial charge is 0.354 e. The average Bonchev–Trinajstić information content (AvgIpc) is 3.10. The first-order valence-corrected chi connectivity index (χ1v) is 6.93. The molecule has 6 nitrogen and oxygen atoms in total. The van der Waals surface area contributed by atoms with Crippen LogP contribution in [0.5, 0.6) is 0 Å². The Hall–Kier alpha value is -2.11. The smallest absolute Gasteiger partial charge is 0.255 e. The fraction of sp³-hybridized carbons (Fsp3) is 0.500. The average molecular weight is 273 g/mol. The molecule has 0 unspecified atom stereocenters. The monoisotopic (exact) mass is 273 g/mol. The van der Waals surface area contributed by atoms with Crippen molar-refractivity contribution in [3.05, 3.63) is 35.7 Å². The van der Waals surface area contributed by atoms with E-state index < -0.39 is 0 Å². The minimum atomic E-state index is 0.138. The number of hydrogen-bond donors (Lipinski definition) is 1. The molecule has 1 aliphatic heterocycles. The third-order valence-electron chi connectivity index (χ3n) is 4.22. The normalized spacial score (nSPS) is 16.6. The van der Waals surface area contributed by atoms with Gasteiger partial charge in [-0.2, -0.15) is 5.10 Å². The molecule has 3 heterocycles. The van der Waals surface area contributed by atoms with Crippen molar-refractivity contribution in [1.29, 1.82) is 0 Å². The van der Waals surface area contributed by atoms with E-state index >= 15 is 0 Å². The molecular weight excluding hydrogens is 254 g/mol. The standard InChI is InChI=1S/C14H19N5O/c1-10-12(5-6-18(10)2)14(20)19-7-3-11(4-8-19)13-15-9-16-17-13/h5-6,9,11H,3-4,7-8H2,1-2H3,(H,15,16,17). The van der Waals surface area contributed by atoms with Crippen LogP contribution in [0.15, 0.2) is 18.6 Å². The van der Waals surface area contributed by atoms with Gasteiger partial charge in [-0.15, -0.1) is 0 Å². The third-order valence-corrected chi connectivity index (χ3v) is 4.22. The molecule has 3 rings (SSSR count). The summed E-state index contributed by atoms with van der Waals surface area (Å²) in [6.07, 6.45) is 5.35. The lowest BCUT2D eigenvalue weighted by molar-refractivity contribution is 0.0710. The van der Waals surface area contributed by atoms with E-state index in [2.05, 4.69) is 15.2 Å². The molecule has 2 aromatic heterocycles. The van der Waals surface area contributed by atoms with Crippen LogP contribution in [0.25, 0.3) is 0 Å². The molecule has 2 aromatic rings. The van der Waals surface area contributed by atoms with Crippen molar-refractivity contribution in [2.24, 2.45) is 7.05 Å². The SMILES string of the molecule is Cc1c(C(=O)N2CCC(c3ncn[nH]3)CC2)ccn1C. The Morgan fingerprint density at radius 2 is 2.15 bits per heavy atom. The van der Waals surface area contributed by atoms with E-state index in [4.69, 9.17) is 0 Å². The highest BCUT2D eigenvalue weighted by molar-refractivity contribution is 5.95. The van der Waals surface area contributed by atoms with Crippen LogP contribution in [0.3, 0.4) is 0 Å². The number of carbonyl (C=O) groups excluding carboxylic acids is 1. The van der Waals surface area contributed by atoms with Crippen molar-refractivity contribution < 1.29 is 4.79 Å². The van der Waals surface area contributed by atoms with Gasteiger partial charge < -0.3 is 9.47 Å². The number of likely N-dealkylation sites (tertiary alicyclic amines) is 1. The summed E-state index contributed by atoms with van der Waals surface area (Å²) in [5, 5.41) is 6.82. The number of aromatic nitrogens is 4. The van der Waals surface area contributed by atoms with Gasteiger partial charge in [0.1, 0.15) is 12.2 Å². The molecule has 1 amide bonds. The van der Waals surface area contributed by atoms with Gasteiger partial charge in [-0.25, -0.2) is 4.98 Å². The summed E-state index contributed by atoms with van der Waals surface area (Å²) in [5.41, 5.74) is 1.83. The van der Waals surface area contributed by atoms with Crippen molar-refractivity contribution in [1.82, 2.24) is 24.6 Å². The first-order valence-electron chi connectivity index (χ1n) is 6.93. The number of nitrogens with zero attached hydrogens (tertiary/aromatic N) is 4. The molecule has 1 fully saturated rings. The Morgan fingerprint density at radius 3 is 2.70 bits per heavy atom. The molecule has 0 aromatic carbocycles. The number of nitrogens with one attached hydrogen (secondary N) is 1. The number of piperidine rings is 1. The van der Waals surface area contributed by atoms with Crippen LogP contribution in [0, 0.1) is 6.92 Å². The summed E-state index contributed by atoms with van der Waals surface area (Å²) >= 11 is 0.